The summed E-state index contributed by atoms with van der Waals surface area (Å²) in [5.74, 6) is 0.821. The first-order valence-electron chi connectivity index (χ1n) is 8.08. The van der Waals surface area contributed by atoms with Gasteiger partial charge in [0.1, 0.15) is 0 Å². The van der Waals surface area contributed by atoms with Gasteiger partial charge in [-0.2, -0.15) is 0 Å². The van der Waals surface area contributed by atoms with Gasteiger partial charge in [-0.25, -0.2) is 0 Å². The fourth-order valence-corrected chi connectivity index (χ4v) is 3.54. The van der Waals surface area contributed by atoms with Crippen LogP contribution in [-0.2, 0) is 10.5 Å². The van der Waals surface area contributed by atoms with Gasteiger partial charge in [0.25, 0.3) is 5.91 Å². The number of benzene rings is 2. The lowest BCUT2D eigenvalue weighted by Crippen LogP contribution is -2.31. The second-order valence-corrected chi connectivity index (χ2v) is 7.27. The van der Waals surface area contributed by atoms with E-state index in [1.807, 2.05) is 48.5 Å². The summed E-state index contributed by atoms with van der Waals surface area (Å²) in [7, 11) is 0. The molecule has 0 aliphatic carbocycles. The molecule has 3 rings (SSSR count). The van der Waals surface area contributed by atoms with E-state index in [0.29, 0.717) is 12.1 Å². The second kappa shape index (κ2) is 8.56. The fourth-order valence-electron chi connectivity index (χ4n) is 2.56. The zero-order chi connectivity index (χ0) is 16.8. The first-order chi connectivity index (χ1) is 11.7. The van der Waals surface area contributed by atoms with Crippen molar-refractivity contribution < 1.29 is 9.53 Å². The van der Waals surface area contributed by atoms with Crippen molar-refractivity contribution in [2.75, 3.05) is 13.2 Å². The van der Waals surface area contributed by atoms with Crippen LogP contribution in [0.2, 0.25) is 5.02 Å². The Morgan fingerprint density at radius 1 is 1.17 bits per heavy atom. The van der Waals surface area contributed by atoms with E-state index in [9.17, 15) is 4.79 Å². The number of rotatable bonds is 6. The molecule has 2 aromatic rings. The van der Waals surface area contributed by atoms with Crippen molar-refractivity contribution in [3.05, 3.63) is 64.7 Å². The first kappa shape index (κ1) is 17.3. The molecule has 0 bridgehead atoms. The summed E-state index contributed by atoms with van der Waals surface area (Å²) in [6, 6.07) is 15.6. The van der Waals surface area contributed by atoms with Crippen LogP contribution in [0, 0.1) is 0 Å². The van der Waals surface area contributed by atoms with Gasteiger partial charge in [-0.05, 0) is 54.8 Å². The van der Waals surface area contributed by atoms with E-state index in [-0.39, 0.29) is 12.0 Å². The van der Waals surface area contributed by atoms with E-state index in [2.05, 4.69) is 5.32 Å². The SMILES string of the molecule is O=C(NC[C@H]1CCCO1)c1ccc(CSc2ccc(Cl)cc2)cc1. The molecular formula is C19H20ClNO2S. The quantitative estimate of drug-likeness (QED) is 0.767. The van der Waals surface area contributed by atoms with Crippen LogP contribution in [0.4, 0.5) is 0 Å². The molecule has 1 aliphatic heterocycles. The summed E-state index contributed by atoms with van der Waals surface area (Å²) in [5, 5.41) is 3.69. The number of hydrogen-bond donors (Lipinski definition) is 1. The van der Waals surface area contributed by atoms with Gasteiger partial charge in [0.15, 0.2) is 0 Å². The zero-order valence-corrected chi connectivity index (χ0v) is 14.9. The van der Waals surface area contributed by atoms with E-state index in [1.54, 1.807) is 11.8 Å². The second-order valence-electron chi connectivity index (χ2n) is 5.78. The van der Waals surface area contributed by atoms with Gasteiger partial charge in [0.05, 0.1) is 6.10 Å². The summed E-state index contributed by atoms with van der Waals surface area (Å²) in [4.78, 5) is 13.3. The Morgan fingerprint density at radius 3 is 2.58 bits per heavy atom. The third kappa shape index (κ3) is 5.00. The van der Waals surface area contributed by atoms with Crippen LogP contribution in [0.1, 0.15) is 28.8 Å². The molecule has 1 heterocycles. The lowest BCUT2D eigenvalue weighted by molar-refractivity contribution is 0.0858. The predicted octanol–water partition coefficient (Wildman–Crippen LogP) is 4.54. The summed E-state index contributed by atoms with van der Waals surface area (Å²) in [6.45, 7) is 1.40. The fraction of sp³-hybridized carbons (Fsp3) is 0.316. The highest BCUT2D eigenvalue weighted by atomic mass is 35.5. The Kier molecular flexibility index (Phi) is 6.18. The van der Waals surface area contributed by atoms with Crippen molar-refractivity contribution in [2.24, 2.45) is 0 Å². The molecule has 1 amide bonds. The maximum atomic E-state index is 12.1. The van der Waals surface area contributed by atoms with Gasteiger partial charge < -0.3 is 10.1 Å². The zero-order valence-electron chi connectivity index (χ0n) is 13.3. The number of carbonyl (C=O) groups is 1. The largest absolute Gasteiger partial charge is 0.376 e. The standard InChI is InChI=1S/C19H20ClNO2S/c20-16-7-9-18(10-8-16)24-13-14-3-5-15(6-4-14)19(22)21-12-17-2-1-11-23-17/h3-10,17H,1-2,11-13H2,(H,21,22)/t17-/m1/s1. The molecule has 3 nitrogen and oxygen atoms in total. The van der Waals surface area contributed by atoms with Crippen molar-refractivity contribution in [3.8, 4) is 0 Å². The Hall–Kier alpha value is -1.49. The van der Waals surface area contributed by atoms with E-state index < -0.39 is 0 Å². The summed E-state index contributed by atoms with van der Waals surface area (Å²) < 4.78 is 5.51. The van der Waals surface area contributed by atoms with Crippen LogP contribution in [-0.4, -0.2) is 25.2 Å². The average molecular weight is 362 g/mol. The third-order valence-corrected chi connectivity index (χ3v) is 5.28. The molecule has 1 fully saturated rings. The lowest BCUT2D eigenvalue weighted by Gasteiger charge is -2.11. The van der Waals surface area contributed by atoms with Gasteiger partial charge in [0.2, 0.25) is 0 Å². The van der Waals surface area contributed by atoms with Gasteiger partial charge in [0, 0.05) is 34.4 Å². The number of carbonyl (C=O) groups excluding carboxylic acids is 1. The van der Waals surface area contributed by atoms with Crippen LogP contribution in [0.25, 0.3) is 0 Å². The Bertz CT molecular complexity index is 667. The molecule has 1 atom stereocenters. The van der Waals surface area contributed by atoms with Crippen LogP contribution >= 0.6 is 23.4 Å². The molecule has 0 aromatic heterocycles. The predicted molar refractivity (Wildman–Crippen MR) is 98.8 cm³/mol. The number of ether oxygens (including phenoxy) is 1. The van der Waals surface area contributed by atoms with Crippen LogP contribution in [0.3, 0.4) is 0 Å². The summed E-state index contributed by atoms with van der Waals surface area (Å²) in [6.07, 6.45) is 2.28. The van der Waals surface area contributed by atoms with E-state index in [1.165, 1.54) is 10.5 Å². The molecule has 0 spiro atoms. The molecule has 1 saturated heterocycles. The van der Waals surface area contributed by atoms with Crippen molar-refractivity contribution in [2.45, 2.75) is 29.6 Å². The number of amides is 1. The molecule has 5 heteroatoms. The molecule has 1 N–H and O–H groups in total. The highest BCUT2D eigenvalue weighted by molar-refractivity contribution is 7.98. The number of nitrogens with one attached hydrogen (secondary N) is 1. The molecule has 0 saturated carbocycles. The van der Waals surface area contributed by atoms with Gasteiger partial charge in [-0.1, -0.05) is 23.7 Å². The molecule has 24 heavy (non-hydrogen) atoms. The minimum absolute atomic E-state index is 0.0394. The van der Waals surface area contributed by atoms with Gasteiger partial charge >= 0.3 is 0 Å². The van der Waals surface area contributed by atoms with Crippen LogP contribution < -0.4 is 5.32 Å². The highest BCUT2D eigenvalue weighted by Crippen LogP contribution is 2.24. The van der Waals surface area contributed by atoms with Crippen molar-refractivity contribution in [1.29, 1.82) is 0 Å². The lowest BCUT2D eigenvalue weighted by atomic mass is 10.1. The molecule has 126 valence electrons. The van der Waals surface area contributed by atoms with E-state index in [0.717, 1.165) is 30.2 Å². The minimum Gasteiger partial charge on any atom is -0.376 e. The Morgan fingerprint density at radius 2 is 1.92 bits per heavy atom. The van der Waals surface area contributed by atoms with Crippen molar-refractivity contribution in [1.82, 2.24) is 5.32 Å². The number of thioether (sulfide) groups is 1. The molecule has 2 aromatic carbocycles. The smallest absolute Gasteiger partial charge is 0.251 e. The average Bonchev–Trinajstić information content (AvgIpc) is 3.13. The third-order valence-electron chi connectivity index (χ3n) is 3.95. The molecule has 1 aliphatic rings. The monoisotopic (exact) mass is 361 g/mol. The summed E-state index contributed by atoms with van der Waals surface area (Å²) in [5.41, 5.74) is 1.87. The highest BCUT2D eigenvalue weighted by Gasteiger charge is 2.16. The van der Waals surface area contributed by atoms with Crippen molar-refractivity contribution >= 4 is 29.3 Å². The van der Waals surface area contributed by atoms with Gasteiger partial charge in [-0.3, -0.25) is 4.79 Å². The van der Waals surface area contributed by atoms with E-state index >= 15 is 0 Å². The Balaban J connectivity index is 1.48. The van der Waals surface area contributed by atoms with Crippen molar-refractivity contribution in [3.63, 3.8) is 0 Å². The number of hydrogen-bond acceptors (Lipinski definition) is 3. The molecular weight excluding hydrogens is 342 g/mol. The maximum Gasteiger partial charge on any atom is 0.251 e. The van der Waals surface area contributed by atoms with Gasteiger partial charge in [-0.15, -0.1) is 11.8 Å². The summed E-state index contributed by atoms with van der Waals surface area (Å²) >= 11 is 7.64. The molecule has 0 radical (unpaired) electrons. The Labute approximate surface area is 151 Å². The minimum atomic E-state index is -0.0394. The first-order valence-corrected chi connectivity index (χ1v) is 9.44. The number of halogens is 1. The normalized spacial score (nSPS) is 17.0. The maximum absolute atomic E-state index is 12.1. The topological polar surface area (TPSA) is 38.3 Å². The van der Waals surface area contributed by atoms with E-state index in [4.69, 9.17) is 16.3 Å². The van der Waals surface area contributed by atoms with Crippen LogP contribution in [0.15, 0.2) is 53.4 Å². The van der Waals surface area contributed by atoms with Crippen LogP contribution in [0.5, 0.6) is 0 Å². The molecule has 0 unspecified atom stereocenters.